The third kappa shape index (κ3) is 5.26. The molecule has 3 aromatic rings. The van der Waals surface area contributed by atoms with E-state index in [1.54, 1.807) is 24.3 Å². The van der Waals surface area contributed by atoms with Crippen molar-refractivity contribution in [3.63, 3.8) is 0 Å². The summed E-state index contributed by atoms with van der Waals surface area (Å²) >= 11 is 5.93. The smallest absolute Gasteiger partial charge is 0.176 e. The second kappa shape index (κ2) is 9.80. The summed E-state index contributed by atoms with van der Waals surface area (Å²) in [4.78, 5) is 14.7. The maximum atomic E-state index is 12.6. The molecule has 0 heterocycles. The number of Topliss-reactive ketones (excluding diaryl/α,β-unsaturated/α-hetero) is 1. The fourth-order valence-corrected chi connectivity index (χ4v) is 4.88. The largest absolute Gasteiger partial charge is 0.299 e. The van der Waals surface area contributed by atoms with E-state index in [4.69, 9.17) is 11.6 Å². The second-order valence-corrected chi connectivity index (χ2v) is 9.20. The first-order valence-corrected chi connectivity index (χ1v) is 11.5. The zero-order valence-corrected chi connectivity index (χ0v) is 19.2. The molecule has 4 rings (SSSR count). The number of carbonyl (C=O) groups excluding carboxylic acids is 1. The predicted octanol–water partition coefficient (Wildman–Crippen LogP) is 6.47. The lowest BCUT2D eigenvalue weighted by molar-refractivity contribution is 0.0945. The number of nitrogens with zero attached hydrogens (tertiary/aromatic N) is 1. The fourth-order valence-electron chi connectivity index (χ4n) is 4.76. The minimum atomic E-state index is 0.139. The maximum Gasteiger partial charge on any atom is 0.176 e. The number of hydrogen-bond donors (Lipinski definition) is 0. The second-order valence-electron chi connectivity index (χ2n) is 8.76. The van der Waals surface area contributed by atoms with Gasteiger partial charge in [-0.05, 0) is 92.7 Å². The summed E-state index contributed by atoms with van der Waals surface area (Å²) in [7, 11) is 2.03. The van der Waals surface area contributed by atoms with Gasteiger partial charge in [-0.25, -0.2) is 0 Å². The Hall–Kier alpha value is -2.42. The van der Waals surface area contributed by atoms with E-state index < -0.39 is 0 Å². The van der Waals surface area contributed by atoms with Crippen LogP contribution in [0.15, 0.2) is 66.7 Å². The standard InChI is InChI=1S/C28H30ClNO/c1-20-9-16-26-23(18-20)11-10-21-6-3-4-7-25(21)27(26)8-5-17-30(2)19-28(31)22-12-14-24(29)15-13-22/h3-4,6-7,9,12-16,18,27H,5,8,10-11,17,19H2,1-2H3. The van der Waals surface area contributed by atoms with E-state index in [1.165, 1.54) is 27.8 Å². The summed E-state index contributed by atoms with van der Waals surface area (Å²) < 4.78 is 0. The van der Waals surface area contributed by atoms with E-state index in [2.05, 4.69) is 54.3 Å². The molecule has 1 atom stereocenters. The van der Waals surface area contributed by atoms with Crippen molar-refractivity contribution in [1.29, 1.82) is 0 Å². The van der Waals surface area contributed by atoms with E-state index in [1.807, 2.05) is 7.05 Å². The number of fused-ring (bicyclic) bond motifs is 2. The van der Waals surface area contributed by atoms with Crippen LogP contribution < -0.4 is 0 Å². The highest BCUT2D eigenvalue weighted by Crippen LogP contribution is 2.37. The van der Waals surface area contributed by atoms with Crippen molar-refractivity contribution in [3.8, 4) is 0 Å². The number of benzene rings is 3. The highest BCUT2D eigenvalue weighted by molar-refractivity contribution is 6.30. The van der Waals surface area contributed by atoms with Gasteiger partial charge in [-0.2, -0.15) is 0 Å². The first-order chi connectivity index (χ1) is 15.0. The number of rotatable bonds is 7. The molecule has 0 radical (unpaired) electrons. The van der Waals surface area contributed by atoms with Crippen molar-refractivity contribution in [3.05, 3.63) is 105 Å². The molecule has 3 aromatic carbocycles. The third-order valence-corrected chi connectivity index (χ3v) is 6.63. The van der Waals surface area contributed by atoms with E-state index in [-0.39, 0.29) is 5.78 Å². The Kier molecular flexibility index (Phi) is 6.89. The molecule has 0 aliphatic heterocycles. The Morgan fingerprint density at radius 3 is 2.48 bits per heavy atom. The summed E-state index contributed by atoms with van der Waals surface area (Å²) in [6, 6.07) is 23.0. The number of halogens is 1. The molecule has 0 amide bonds. The van der Waals surface area contributed by atoms with Crippen molar-refractivity contribution in [2.24, 2.45) is 0 Å². The van der Waals surface area contributed by atoms with Crippen LogP contribution in [0.3, 0.4) is 0 Å². The lowest BCUT2D eigenvalue weighted by Crippen LogP contribution is -2.27. The zero-order valence-electron chi connectivity index (χ0n) is 18.4. The van der Waals surface area contributed by atoms with Crippen LogP contribution in [0.1, 0.15) is 56.9 Å². The van der Waals surface area contributed by atoms with E-state index in [0.29, 0.717) is 17.5 Å². The Balaban J connectivity index is 1.43. The Labute approximate surface area is 190 Å². The van der Waals surface area contributed by atoms with Gasteiger partial charge in [0.15, 0.2) is 5.78 Å². The first-order valence-electron chi connectivity index (χ1n) is 11.2. The van der Waals surface area contributed by atoms with Gasteiger partial charge in [0.2, 0.25) is 0 Å². The maximum absolute atomic E-state index is 12.6. The van der Waals surface area contributed by atoms with Crippen molar-refractivity contribution < 1.29 is 4.79 Å². The summed E-state index contributed by atoms with van der Waals surface area (Å²) in [6.45, 7) is 3.51. The minimum Gasteiger partial charge on any atom is -0.299 e. The molecular weight excluding hydrogens is 402 g/mol. The van der Waals surface area contributed by atoms with Crippen LogP contribution in [-0.4, -0.2) is 30.8 Å². The van der Waals surface area contributed by atoms with Gasteiger partial charge in [0.25, 0.3) is 0 Å². The summed E-state index contributed by atoms with van der Waals surface area (Å²) in [5.74, 6) is 0.564. The average Bonchev–Trinajstić information content (AvgIpc) is 2.91. The van der Waals surface area contributed by atoms with Gasteiger partial charge in [0.1, 0.15) is 0 Å². The number of aryl methyl sites for hydroxylation is 3. The van der Waals surface area contributed by atoms with Crippen molar-refractivity contribution in [2.75, 3.05) is 20.1 Å². The van der Waals surface area contributed by atoms with Gasteiger partial charge in [-0.1, -0.05) is 59.6 Å². The number of ketones is 1. The Bertz CT molecular complexity index is 1060. The molecule has 0 saturated heterocycles. The quantitative estimate of drug-likeness (QED) is 0.399. The molecule has 1 aliphatic carbocycles. The normalized spacial score (nSPS) is 15.3. The van der Waals surface area contributed by atoms with Gasteiger partial charge in [0, 0.05) is 16.5 Å². The number of hydrogen-bond acceptors (Lipinski definition) is 2. The minimum absolute atomic E-state index is 0.139. The molecule has 31 heavy (non-hydrogen) atoms. The van der Waals surface area contributed by atoms with Crippen LogP contribution in [-0.2, 0) is 12.8 Å². The van der Waals surface area contributed by atoms with E-state index in [0.717, 1.165) is 37.8 Å². The molecule has 3 heteroatoms. The lowest BCUT2D eigenvalue weighted by Gasteiger charge is -2.22. The molecule has 0 aromatic heterocycles. The van der Waals surface area contributed by atoms with Crippen LogP contribution in [0.25, 0.3) is 0 Å². The van der Waals surface area contributed by atoms with E-state index >= 15 is 0 Å². The van der Waals surface area contributed by atoms with Gasteiger partial charge in [-0.3, -0.25) is 9.69 Å². The molecule has 0 N–H and O–H groups in total. The first kappa shape index (κ1) is 21.8. The number of likely N-dealkylation sites (N-methyl/N-ethyl adjacent to an activating group) is 1. The Morgan fingerprint density at radius 1 is 0.968 bits per heavy atom. The third-order valence-electron chi connectivity index (χ3n) is 6.38. The SMILES string of the molecule is Cc1ccc2c(c1)CCc1ccccc1C2CCCN(C)CC(=O)c1ccc(Cl)cc1. The molecule has 0 bridgehead atoms. The molecular formula is C28H30ClNO. The highest BCUT2D eigenvalue weighted by Gasteiger charge is 2.23. The molecule has 1 unspecified atom stereocenters. The summed E-state index contributed by atoms with van der Waals surface area (Å²) in [5.41, 5.74) is 7.99. The molecule has 0 spiro atoms. The van der Waals surface area contributed by atoms with Crippen LogP contribution in [0, 0.1) is 6.92 Å². The van der Waals surface area contributed by atoms with Crippen molar-refractivity contribution >= 4 is 17.4 Å². The molecule has 1 aliphatic rings. The molecule has 160 valence electrons. The molecule has 0 fully saturated rings. The Morgan fingerprint density at radius 2 is 1.68 bits per heavy atom. The monoisotopic (exact) mass is 431 g/mol. The van der Waals surface area contributed by atoms with Gasteiger partial charge >= 0.3 is 0 Å². The molecule has 2 nitrogen and oxygen atoms in total. The van der Waals surface area contributed by atoms with Gasteiger partial charge in [0.05, 0.1) is 6.54 Å². The summed E-state index contributed by atoms with van der Waals surface area (Å²) in [5, 5.41) is 0.657. The van der Waals surface area contributed by atoms with Crippen LogP contribution >= 0.6 is 11.6 Å². The summed E-state index contributed by atoms with van der Waals surface area (Å²) in [6.07, 6.45) is 4.36. The zero-order chi connectivity index (χ0) is 21.8. The van der Waals surface area contributed by atoms with Crippen LogP contribution in [0.2, 0.25) is 5.02 Å². The molecule has 0 saturated carbocycles. The average molecular weight is 432 g/mol. The van der Waals surface area contributed by atoms with Gasteiger partial charge in [-0.15, -0.1) is 0 Å². The predicted molar refractivity (Wildman–Crippen MR) is 129 cm³/mol. The number of carbonyl (C=O) groups is 1. The lowest BCUT2D eigenvalue weighted by atomic mass is 9.84. The topological polar surface area (TPSA) is 20.3 Å². The van der Waals surface area contributed by atoms with Crippen molar-refractivity contribution in [2.45, 2.75) is 38.5 Å². The van der Waals surface area contributed by atoms with Crippen LogP contribution in [0.4, 0.5) is 0 Å². The highest BCUT2D eigenvalue weighted by atomic mass is 35.5. The van der Waals surface area contributed by atoms with E-state index in [9.17, 15) is 4.79 Å². The fraction of sp³-hybridized carbons (Fsp3) is 0.321. The van der Waals surface area contributed by atoms with Crippen molar-refractivity contribution in [1.82, 2.24) is 4.90 Å². The van der Waals surface area contributed by atoms with Gasteiger partial charge < -0.3 is 0 Å². The van der Waals surface area contributed by atoms with Crippen LogP contribution in [0.5, 0.6) is 0 Å².